The van der Waals surface area contributed by atoms with Crippen LogP contribution in [0.5, 0.6) is 11.5 Å². The molecule has 0 bridgehead atoms. The summed E-state index contributed by atoms with van der Waals surface area (Å²) in [7, 11) is 1.81. The standard InChI is InChI=1S/C29H22F2N6O3/c1-36-16-17(14-35-36)23-13-24-21(15-34-23)25(8-11-33-24)40-26-7-6-20(12-22(26)31)37(19-4-2-18(30)3-5-19)28(39)29(9-10-29)27(32)38/h2-8,11-16H,9-10H2,1H3,(H2,32,38). The van der Waals surface area contributed by atoms with Crippen LogP contribution < -0.4 is 15.4 Å². The summed E-state index contributed by atoms with van der Waals surface area (Å²) in [5.41, 5.74) is 6.64. The van der Waals surface area contributed by atoms with Gasteiger partial charge in [-0.3, -0.25) is 29.1 Å². The number of ether oxygens (including phenoxy) is 1. The highest BCUT2D eigenvalue weighted by Gasteiger charge is 2.57. The molecule has 9 nitrogen and oxygen atoms in total. The number of nitrogens with two attached hydrogens (primary N) is 1. The Hall–Kier alpha value is -5.19. The molecule has 0 unspecified atom stereocenters. The highest BCUT2D eigenvalue weighted by Crippen LogP contribution is 2.49. The molecular formula is C29H22F2N6O3. The molecular weight excluding hydrogens is 518 g/mol. The van der Waals surface area contributed by atoms with Gasteiger partial charge in [0.2, 0.25) is 11.8 Å². The molecule has 2 N–H and O–H groups in total. The van der Waals surface area contributed by atoms with Gasteiger partial charge in [-0.1, -0.05) is 0 Å². The molecule has 0 atom stereocenters. The smallest absolute Gasteiger partial charge is 0.247 e. The number of carbonyl (C=O) groups excluding carboxylic acids is 2. The predicted molar refractivity (Wildman–Crippen MR) is 143 cm³/mol. The van der Waals surface area contributed by atoms with Crippen molar-refractivity contribution in [3.05, 3.63) is 91.0 Å². The molecule has 0 saturated heterocycles. The largest absolute Gasteiger partial charge is 0.453 e. The molecule has 1 saturated carbocycles. The van der Waals surface area contributed by atoms with Gasteiger partial charge in [-0.25, -0.2) is 8.78 Å². The second-order valence-electron chi connectivity index (χ2n) is 9.58. The zero-order valence-electron chi connectivity index (χ0n) is 21.2. The van der Waals surface area contributed by atoms with Crippen LogP contribution in [0.4, 0.5) is 20.2 Å². The predicted octanol–water partition coefficient (Wildman–Crippen LogP) is 5.03. The quantitative estimate of drug-likeness (QED) is 0.290. The first-order valence-electron chi connectivity index (χ1n) is 12.4. The fraction of sp³-hybridized carbons (Fsp3) is 0.138. The third-order valence-corrected chi connectivity index (χ3v) is 6.90. The van der Waals surface area contributed by atoms with E-state index in [0.29, 0.717) is 22.3 Å². The lowest BCUT2D eigenvalue weighted by atomic mass is 10.0. The van der Waals surface area contributed by atoms with Gasteiger partial charge in [-0.15, -0.1) is 0 Å². The van der Waals surface area contributed by atoms with E-state index in [1.54, 1.807) is 35.4 Å². The SMILES string of the molecule is Cn1cc(-c2cc3nccc(Oc4ccc(N(C(=O)C5(C(N)=O)CC5)c5ccc(F)cc5)cc4F)c3cn2)cn1. The first-order chi connectivity index (χ1) is 19.2. The molecule has 1 aliphatic carbocycles. The molecule has 3 aromatic heterocycles. The molecule has 0 spiro atoms. The van der Waals surface area contributed by atoms with Crippen LogP contribution in [0.15, 0.2) is 79.4 Å². The van der Waals surface area contributed by atoms with Crippen molar-refractivity contribution in [2.45, 2.75) is 12.8 Å². The number of hydrogen-bond donors (Lipinski definition) is 1. The van der Waals surface area contributed by atoms with Crippen LogP contribution in [0.1, 0.15) is 12.8 Å². The van der Waals surface area contributed by atoms with Crippen LogP contribution in [0.25, 0.3) is 22.2 Å². The van der Waals surface area contributed by atoms with Gasteiger partial charge < -0.3 is 10.5 Å². The normalized spacial score (nSPS) is 13.7. The van der Waals surface area contributed by atoms with E-state index in [1.165, 1.54) is 41.3 Å². The van der Waals surface area contributed by atoms with Gasteiger partial charge in [0.1, 0.15) is 17.0 Å². The van der Waals surface area contributed by atoms with Crippen molar-refractivity contribution in [3.8, 4) is 22.8 Å². The van der Waals surface area contributed by atoms with Gasteiger partial charge >= 0.3 is 0 Å². The number of anilines is 2. The number of carbonyl (C=O) groups is 2. The monoisotopic (exact) mass is 540 g/mol. The number of hydrogen-bond acceptors (Lipinski definition) is 6. The van der Waals surface area contributed by atoms with Crippen molar-refractivity contribution < 1.29 is 23.1 Å². The number of nitrogens with zero attached hydrogens (tertiary/aromatic N) is 5. The third kappa shape index (κ3) is 4.41. The number of amides is 2. The molecule has 5 aromatic rings. The van der Waals surface area contributed by atoms with Crippen LogP contribution >= 0.6 is 0 Å². The van der Waals surface area contributed by atoms with E-state index in [1.807, 2.05) is 13.2 Å². The Kier molecular flexibility index (Phi) is 5.98. The summed E-state index contributed by atoms with van der Waals surface area (Å²) in [6, 6.07) is 12.5. The van der Waals surface area contributed by atoms with Crippen LogP contribution in [-0.2, 0) is 16.6 Å². The summed E-state index contributed by atoms with van der Waals surface area (Å²) < 4.78 is 36.6. The van der Waals surface area contributed by atoms with Gasteiger partial charge in [0, 0.05) is 43.0 Å². The number of halogens is 2. The Labute approximate surface area is 226 Å². The fourth-order valence-corrected chi connectivity index (χ4v) is 4.53. The molecule has 1 fully saturated rings. The van der Waals surface area contributed by atoms with Crippen molar-refractivity contribution in [3.63, 3.8) is 0 Å². The Balaban J connectivity index is 1.33. The average molecular weight is 541 g/mol. The zero-order valence-corrected chi connectivity index (χ0v) is 21.2. The van der Waals surface area contributed by atoms with Crippen LogP contribution in [0.2, 0.25) is 0 Å². The van der Waals surface area contributed by atoms with Crippen molar-refractivity contribution in [2.24, 2.45) is 18.2 Å². The molecule has 3 heterocycles. The molecule has 1 aliphatic rings. The summed E-state index contributed by atoms with van der Waals surface area (Å²) >= 11 is 0. The van der Waals surface area contributed by atoms with Gasteiger partial charge in [0.05, 0.1) is 28.5 Å². The van der Waals surface area contributed by atoms with E-state index in [9.17, 15) is 14.0 Å². The maximum Gasteiger partial charge on any atom is 0.247 e. The topological polar surface area (TPSA) is 116 Å². The number of aromatic nitrogens is 4. The molecule has 11 heteroatoms. The van der Waals surface area contributed by atoms with Crippen LogP contribution in [0, 0.1) is 17.0 Å². The van der Waals surface area contributed by atoms with E-state index < -0.39 is 28.9 Å². The number of rotatable bonds is 7. The Morgan fingerprint density at radius 2 is 1.73 bits per heavy atom. The Bertz CT molecular complexity index is 1780. The number of fused-ring (bicyclic) bond motifs is 1. The van der Waals surface area contributed by atoms with E-state index in [4.69, 9.17) is 10.5 Å². The van der Waals surface area contributed by atoms with E-state index >= 15 is 4.39 Å². The van der Waals surface area contributed by atoms with Crippen molar-refractivity contribution >= 4 is 34.1 Å². The maximum absolute atomic E-state index is 15.4. The third-order valence-electron chi connectivity index (χ3n) is 6.90. The lowest BCUT2D eigenvalue weighted by Gasteiger charge is -2.26. The summed E-state index contributed by atoms with van der Waals surface area (Å²) in [4.78, 5) is 35.6. The van der Waals surface area contributed by atoms with Crippen LogP contribution in [0.3, 0.4) is 0 Å². The minimum Gasteiger partial charge on any atom is -0.453 e. The molecule has 0 aliphatic heterocycles. The molecule has 0 radical (unpaired) electrons. The first-order valence-corrected chi connectivity index (χ1v) is 12.4. The van der Waals surface area contributed by atoms with E-state index in [2.05, 4.69) is 15.1 Å². The first kappa shape index (κ1) is 25.1. The summed E-state index contributed by atoms with van der Waals surface area (Å²) in [6.07, 6.45) is 7.24. The zero-order chi connectivity index (χ0) is 28.0. The highest BCUT2D eigenvalue weighted by atomic mass is 19.1. The minimum atomic E-state index is -1.38. The molecule has 2 amide bonds. The molecule has 6 rings (SSSR count). The van der Waals surface area contributed by atoms with Crippen molar-refractivity contribution in [1.29, 1.82) is 0 Å². The summed E-state index contributed by atoms with van der Waals surface area (Å²) in [5.74, 6) is -2.39. The van der Waals surface area contributed by atoms with E-state index in [0.717, 1.165) is 11.6 Å². The van der Waals surface area contributed by atoms with Crippen LogP contribution in [-0.4, -0.2) is 31.6 Å². The number of aryl methyl sites for hydroxylation is 1. The average Bonchev–Trinajstić information content (AvgIpc) is 3.66. The van der Waals surface area contributed by atoms with Crippen molar-refractivity contribution in [1.82, 2.24) is 19.7 Å². The van der Waals surface area contributed by atoms with Gasteiger partial charge in [-0.05, 0) is 61.4 Å². The molecule has 2 aromatic carbocycles. The lowest BCUT2D eigenvalue weighted by Crippen LogP contribution is -2.41. The highest BCUT2D eigenvalue weighted by molar-refractivity contribution is 6.16. The summed E-state index contributed by atoms with van der Waals surface area (Å²) in [6.45, 7) is 0. The lowest BCUT2D eigenvalue weighted by molar-refractivity contribution is -0.133. The summed E-state index contributed by atoms with van der Waals surface area (Å²) in [5, 5.41) is 4.73. The van der Waals surface area contributed by atoms with Gasteiger partial charge in [0.15, 0.2) is 11.6 Å². The second-order valence-corrected chi connectivity index (χ2v) is 9.58. The van der Waals surface area contributed by atoms with Gasteiger partial charge in [-0.2, -0.15) is 5.10 Å². The fourth-order valence-electron chi connectivity index (χ4n) is 4.53. The number of benzene rings is 2. The number of pyridine rings is 2. The Morgan fingerprint density at radius 3 is 2.38 bits per heavy atom. The molecule has 200 valence electrons. The second kappa shape index (κ2) is 9.53. The van der Waals surface area contributed by atoms with E-state index in [-0.39, 0.29) is 30.0 Å². The van der Waals surface area contributed by atoms with Gasteiger partial charge in [0.25, 0.3) is 0 Å². The minimum absolute atomic E-state index is 0.102. The Morgan fingerprint density at radius 1 is 0.975 bits per heavy atom. The maximum atomic E-state index is 15.4. The van der Waals surface area contributed by atoms with Crippen molar-refractivity contribution in [2.75, 3.05) is 4.90 Å². The number of primary amides is 1. The molecule has 40 heavy (non-hydrogen) atoms.